The Kier molecular flexibility index (Phi) is 5.21. The smallest absolute Gasteiger partial charge is 0.216 e. The van der Waals surface area contributed by atoms with Gasteiger partial charge in [0.1, 0.15) is 0 Å². The maximum atomic E-state index is 5.46. The Morgan fingerprint density at radius 3 is 2.79 bits per heavy atom. The third kappa shape index (κ3) is 3.47. The minimum atomic E-state index is 0.501. The molecule has 1 aliphatic heterocycles. The number of benzene rings is 1. The molecule has 130 valence electrons. The lowest BCUT2D eigenvalue weighted by Crippen LogP contribution is -2.43. The van der Waals surface area contributed by atoms with Crippen molar-refractivity contribution in [2.45, 2.75) is 39.4 Å². The van der Waals surface area contributed by atoms with Crippen molar-refractivity contribution in [3.05, 3.63) is 46.6 Å². The third-order valence-electron chi connectivity index (χ3n) is 5.01. The minimum Gasteiger partial charge on any atom is -0.481 e. The lowest BCUT2D eigenvalue weighted by Gasteiger charge is -2.33. The van der Waals surface area contributed by atoms with Crippen molar-refractivity contribution in [3.8, 4) is 5.88 Å². The quantitative estimate of drug-likeness (QED) is 0.883. The zero-order chi connectivity index (χ0) is 17.1. The lowest BCUT2D eigenvalue weighted by molar-refractivity contribution is 0.186. The molecule has 0 aliphatic carbocycles. The van der Waals surface area contributed by atoms with E-state index < -0.39 is 0 Å². The summed E-state index contributed by atoms with van der Waals surface area (Å²) < 4.78 is 7.26. The van der Waals surface area contributed by atoms with Crippen LogP contribution >= 0.6 is 0 Å². The van der Waals surface area contributed by atoms with Crippen LogP contribution in [-0.2, 0) is 26.6 Å². The molecule has 0 radical (unpaired) electrons. The van der Waals surface area contributed by atoms with Crippen molar-refractivity contribution < 1.29 is 4.74 Å². The van der Waals surface area contributed by atoms with E-state index in [1.54, 1.807) is 11.8 Å². The number of nitrogens with one attached hydrogen (secondary N) is 1. The molecule has 0 fully saturated rings. The fraction of sp³-hybridized carbons (Fsp3) is 0.526. The van der Waals surface area contributed by atoms with E-state index in [0.29, 0.717) is 6.04 Å². The van der Waals surface area contributed by atoms with Gasteiger partial charge < -0.3 is 10.1 Å². The monoisotopic (exact) mass is 328 g/mol. The number of aryl methyl sites for hydroxylation is 2. The van der Waals surface area contributed by atoms with Crippen LogP contribution < -0.4 is 10.1 Å². The molecule has 0 unspecified atom stereocenters. The van der Waals surface area contributed by atoms with Crippen molar-refractivity contribution >= 4 is 0 Å². The molecule has 0 saturated carbocycles. The molecule has 1 aliphatic rings. The number of aromatic nitrogens is 2. The van der Waals surface area contributed by atoms with Crippen molar-refractivity contribution in [1.82, 2.24) is 20.0 Å². The van der Waals surface area contributed by atoms with Gasteiger partial charge in [-0.05, 0) is 31.4 Å². The molecule has 1 aromatic carbocycles. The van der Waals surface area contributed by atoms with Gasteiger partial charge in [-0.15, -0.1) is 0 Å². The van der Waals surface area contributed by atoms with E-state index in [9.17, 15) is 0 Å². The molecule has 1 N–H and O–H groups in total. The molecule has 5 nitrogen and oxygen atoms in total. The van der Waals surface area contributed by atoms with Crippen LogP contribution in [-0.4, -0.2) is 40.9 Å². The minimum absolute atomic E-state index is 0.501. The van der Waals surface area contributed by atoms with Crippen LogP contribution in [0, 0.1) is 6.92 Å². The Hall–Kier alpha value is -1.85. The van der Waals surface area contributed by atoms with Crippen LogP contribution in [0.4, 0.5) is 0 Å². The van der Waals surface area contributed by atoms with Crippen LogP contribution in [0.5, 0.6) is 5.88 Å². The average molecular weight is 328 g/mol. The van der Waals surface area contributed by atoms with Gasteiger partial charge in [-0.1, -0.05) is 24.3 Å². The van der Waals surface area contributed by atoms with Crippen LogP contribution in [0.15, 0.2) is 24.3 Å². The molecule has 1 aromatic heterocycles. The standard InChI is InChI=1S/C19H28N4O/c1-14(23-10-9-16-7-5-6-8-17(16)13-23)11-20-12-18-15(2)21-22(3)19(18)24-4/h5-8,14,20H,9-13H2,1-4H3/t14-/m1/s1. The Morgan fingerprint density at radius 1 is 1.29 bits per heavy atom. The van der Waals surface area contributed by atoms with Crippen LogP contribution in [0.1, 0.15) is 29.3 Å². The van der Waals surface area contributed by atoms with E-state index in [1.807, 2.05) is 14.0 Å². The summed E-state index contributed by atoms with van der Waals surface area (Å²) in [6.45, 7) is 8.26. The number of rotatable bonds is 6. The summed E-state index contributed by atoms with van der Waals surface area (Å²) in [5.41, 5.74) is 5.16. The summed E-state index contributed by atoms with van der Waals surface area (Å²) in [4.78, 5) is 2.56. The summed E-state index contributed by atoms with van der Waals surface area (Å²) in [6.07, 6.45) is 1.15. The van der Waals surface area contributed by atoms with Crippen molar-refractivity contribution in [3.63, 3.8) is 0 Å². The van der Waals surface area contributed by atoms with Gasteiger partial charge in [-0.25, -0.2) is 4.68 Å². The molecule has 2 heterocycles. The van der Waals surface area contributed by atoms with Gasteiger partial charge in [0.2, 0.25) is 5.88 Å². The van der Waals surface area contributed by atoms with Crippen molar-refractivity contribution in [1.29, 1.82) is 0 Å². The summed E-state index contributed by atoms with van der Waals surface area (Å²) in [5.74, 6) is 0.847. The highest BCUT2D eigenvalue weighted by molar-refractivity contribution is 5.31. The highest BCUT2D eigenvalue weighted by atomic mass is 16.5. The summed E-state index contributed by atoms with van der Waals surface area (Å²) >= 11 is 0. The zero-order valence-electron chi connectivity index (χ0n) is 15.2. The maximum absolute atomic E-state index is 5.46. The molecule has 1 atom stereocenters. The first-order valence-electron chi connectivity index (χ1n) is 8.68. The largest absolute Gasteiger partial charge is 0.481 e. The van der Waals surface area contributed by atoms with Crippen molar-refractivity contribution in [2.24, 2.45) is 7.05 Å². The first kappa shape index (κ1) is 17.0. The van der Waals surface area contributed by atoms with Gasteiger partial charge in [0.15, 0.2) is 0 Å². The van der Waals surface area contributed by atoms with Gasteiger partial charge in [-0.2, -0.15) is 5.10 Å². The molecule has 0 bridgehead atoms. The molecule has 0 saturated heterocycles. The summed E-state index contributed by atoms with van der Waals surface area (Å²) in [7, 11) is 3.62. The van der Waals surface area contributed by atoms with E-state index in [0.717, 1.165) is 49.7 Å². The number of hydrogen-bond donors (Lipinski definition) is 1. The molecule has 0 amide bonds. The Bertz CT molecular complexity index is 695. The Balaban J connectivity index is 1.54. The van der Waals surface area contributed by atoms with Gasteiger partial charge in [-0.3, -0.25) is 4.90 Å². The van der Waals surface area contributed by atoms with E-state index >= 15 is 0 Å². The van der Waals surface area contributed by atoms with E-state index in [4.69, 9.17) is 4.74 Å². The summed E-state index contributed by atoms with van der Waals surface area (Å²) in [5, 5.41) is 8.01. The topological polar surface area (TPSA) is 42.3 Å². The molecule has 0 spiro atoms. The van der Waals surface area contributed by atoms with Gasteiger partial charge >= 0.3 is 0 Å². The number of ether oxygens (including phenoxy) is 1. The van der Waals surface area contributed by atoms with Crippen LogP contribution in [0.25, 0.3) is 0 Å². The van der Waals surface area contributed by atoms with Gasteiger partial charge in [0.25, 0.3) is 0 Å². The molecule has 5 heteroatoms. The predicted molar refractivity (Wildman–Crippen MR) is 96.2 cm³/mol. The second kappa shape index (κ2) is 7.36. The van der Waals surface area contributed by atoms with Crippen LogP contribution in [0.2, 0.25) is 0 Å². The molecule has 3 rings (SSSR count). The number of methoxy groups -OCH3 is 1. The van der Waals surface area contributed by atoms with Gasteiger partial charge in [0, 0.05) is 39.3 Å². The fourth-order valence-electron chi connectivity index (χ4n) is 3.57. The highest BCUT2D eigenvalue weighted by Gasteiger charge is 2.20. The number of fused-ring (bicyclic) bond motifs is 1. The highest BCUT2D eigenvalue weighted by Crippen LogP contribution is 2.22. The first-order chi connectivity index (χ1) is 11.6. The van der Waals surface area contributed by atoms with Crippen molar-refractivity contribution in [2.75, 3.05) is 20.2 Å². The van der Waals surface area contributed by atoms with Crippen LogP contribution in [0.3, 0.4) is 0 Å². The number of nitrogens with zero attached hydrogens (tertiary/aromatic N) is 3. The first-order valence-corrected chi connectivity index (χ1v) is 8.68. The van der Waals surface area contributed by atoms with Gasteiger partial charge in [0.05, 0.1) is 18.4 Å². The molecular weight excluding hydrogens is 300 g/mol. The molecular formula is C19H28N4O. The van der Waals surface area contributed by atoms with E-state index in [2.05, 4.69) is 46.5 Å². The second-order valence-corrected chi connectivity index (χ2v) is 6.67. The fourth-order valence-corrected chi connectivity index (χ4v) is 3.57. The normalized spacial score (nSPS) is 16.0. The predicted octanol–water partition coefficient (Wildman–Crippen LogP) is 2.27. The average Bonchev–Trinajstić information content (AvgIpc) is 2.87. The maximum Gasteiger partial charge on any atom is 0.216 e. The third-order valence-corrected chi connectivity index (χ3v) is 5.01. The molecule has 2 aromatic rings. The lowest BCUT2D eigenvalue weighted by atomic mass is 9.99. The van der Waals surface area contributed by atoms with E-state index in [-0.39, 0.29) is 0 Å². The summed E-state index contributed by atoms with van der Waals surface area (Å²) in [6, 6.07) is 9.30. The SMILES string of the molecule is COc1c(CNC[C@@H](C)N2CCc3ccccc3C2)c(C)nn1C. The molecule has 24 heavy (non-hydrogen) atoms. The van der Waals surface area contributed by atoms with E-state index in [1.165, 1.54) is 11.1 Å². The Morgan fingerprint density at radius 2 is 2.04 bits per heavy atom. The zero-order valence-corrected chi connectivity index (χ0v) is 15.2. The number of hydrogen-bond acceptors (Lipinski definition) is 4. The Labute approximate surface area is 144 Å². The second-order valence-electron chi connectivity index (χ2n) is 6.67.